The largest absolute Gasteiger partial charge is 0.506 e. The van der Waals surface area contributed by atoms with Crippen LogP contribution in [0.25, 0.3) is 10.8 Å². The van der Waals surface area contributed by atoms with Gasteiger partial charge in [0.15, 0.2) is 18.1 Å². The van der Waals surface area contributed by atoms with Gasteiger partial charge in [-0.1, -0.05) is 42.5 Å². The number of carbonyl (C=O) groups excluding carboxylic acids is 1. The van der Waals surface area contributed by atoms with Crippen LogP contribution in [0.15, 0.2) is 60.7 Å². The summed E-state index contributed by atoms with van der Waals surface area (Å²) < 4.78 is 11.0. The van der Waals surface area contributed by atoms with Crippen LogP contribution in [0, 0.1) is 0 Å². The third-order valence-corrected chi connectivity index (χ3v) is 3.68. The summed E-state index contributed by atoms with van der Waals surface area (Å²) in [6.45, 7) is 2.20. The summed E-state index contributed by atoms with van der Waals surface area (Å²) in [6, 6.07) is 18.1. The Morgan fingerprint density at radius 2 is 1.64 bits per heavy atom. The molecule has 0 spiro atoms. The summed E-state index contributed by atoms with van der Waals surface area (Å²) in [4.78, 5) is 12.3. The molecule has 3 aromatic carbocycles. The fourth-order valence-corrected chi connectivity index (χ4v) is 2.55. The molecule has 0 saturated heterocycles. The second-order valence-electron chi connectivity index (χ2n) is 5.40. The third-order valence-electron chi connectivity index (χ3n) is 3.68. The van der Waals surface area contributed by atoms with Gasteiger partial charge in [0.1, 0.15) is 5.75 Å². The zero-order valence-corrected chi connectivity index (χ0v) is 13.9. The van der Waals surface area contributed by atoms with Crippen molar-refractivity contribution in [2.24, 2.45) is 0 Å². The molecule has 0 aromatic heterocycles. The lowest BCUT2D eigenvalue weighted by Crippen LogP contribution is -2.20. The molecular weight excluding hydrogens is 318 g/mol. The molecule has 0 aliphatic carbocycles. The molecule has 0 heterocycles. The van der Waals surface area contributed by atoms with Crippen LogP contribution in [-0.4, -0.2) is 24.2 Å². The summed E-state index contributed by atoms with van der Waals surface area (Å²) in [6.07, 6.45) is 0. The van der Waals surface area contributed by atoms with E-state index in [9.17, 15) is 9.90 Å². The number of benzene rings is 3. The molecule has 25 heavy (non-hydrogen) atoms. The van der Waals surface area contributed by atoms with Crippen molar-refractivity contribution in [1.29, 1.82) is 0 Å². The van der Waals surface area contributed by atoms with Crippen LogP contribution in [0.2, 0.25) is 0 Å². The molecule has 0 aliphatic heterocycles. The number of phenols is 1. The predicted octanol–water partition coefficient (Wildman–Crippen LogP) is 3.96. The van der Waals surface area contributed by atoms with Crippen LogP contribution in [0.3, 0.4) is 0 Å². The minimum Gasteiger partial charge on any atom is -0.506 e. The normalized spacial score (nSPS) is 10.4. The molecule has 0 saturated carbocycles. The van der Waals surface area contributed by atoms with Crippen molar-refractivity contribution >= 4 is 22.4 Å². The number of nitrogens with one attached hydrogen (secondary N) is 1. The van der Waals surface area contributed by atoms with E-state index < -0.39 is 0 Å². The van der Waals surface area contributed by atoms with Crippen molar-refractivity contribution in [2.45, 2.75) is 6.92 Å². The van der Waals surface area contributed by atoms with Gasteiger partial charge in [0.2, 0.25) is 0 Å². The lowest BCUT2D eigenvalue weighted by atomic mass is 10.1. The Morgan fingerprint density at radius 3 is 2.40 bits per heavy atom. The molecule has 0 bridgehead atoms. The number of ether oxygens (including phenoxy) is 2. The van der Waals surface area contributed by atoms with Crippen LogP contribution >= 0.6 is 0 Å². The highest BCUT2D eigenvalue weighted by atomic mass is 16.5. The zero-order chi connectivity index (χ0) is 17.6. The number of carbonyl (C=O) groups is 1. The number of anilines is 1. The average Bonchev–Trinajstić information content (AvgIpc) is 2.64. The molecule has 3 aromatic rings. The smallest absolute Gasteiger partial charge is 0.262 e. The molecular formula is C20H19NO4. The summed E-state index contributed by atoms with van der Waals surface area (Å²) in [5.41, 5.74) is 0.379. The Bertz CT molecular complexity index is 892. The first-order valence-corrected chi connectivity index (χ1v) is 8.04. The molecule has 5 nitrogen and oxygen atoms in total. The Balaban J connectivity index is 1.73. The maximum Gasteiger partial charge on any atom is 0.262 e. The summed E-state index contributed by atoms with van der Waals surface area (Å²) in [7, 11) is 0. The van der Waals surface area contributed by atoms with Crippen molar-refractivity contribution in [2.75, 3.05) is 18.5 Å². The number of amides is 1. The van der Waals surface area contributed by atoms with Gasteiger partial charge in [-0.25, -0.2) is 0 Å². The number of phenolic OH excluding ortho intramolecular Hbond substituents is 1. The van der Waals surface area contributed by atoms with Crippen molar-refractivity contribution in [3.05, 3.63) is 60.7 Å². The number of aromatic hydroxyl groups is 1. The Kier molecular flexibility index (Phi) is 5.04. The number of fused-ring (bicyclic) bond motifs is 1. The highest BCUT2D eigenvalue weighted by molar-refractivity contribution is 6.04. The van der Waals surface area contributed by atoms with E-state index in [4.69, 9.17) is 9.47 Å². The summed E-state index contributed by atoms with van der Waals surface area (Å²) in [5, 5.41) is 14.5. The minimum absolute atomic E-state index is 0.0155. The van der Waals surface area contributed by atoms with Crippen LogP contribution in [0.5, 0.6) is 17.2 Å². The highest BCUT2D eigenvalue weighted by Crippen LogP contribution is 2.32. The molecule has 128 valence electrons. The SMILES string of the molecule is CCOc1ccccc1OCC(=O)Nc1c(O)ccc2ccccc12. The topological polar surface area (TPSA) is 67.8 Å². The number of para-hydroxylation sites is 2. The predicted molar refractivity (Wildman–Crippen MR) is 97.3 cm³/mol. The fraction of sp³-hybridized carbons (Fsp3) is 0.150. The van der Waals surface area contributed by atoms with E-state index in [-0.39, 0.29) is 18.3 Å². The first-order chi connectivity index (χ1) is 12.2. The van der Waals surface area contributed by atoms with E-state index in [1.807, 2.05) is 43.3 Å². The van der Waals surface area contributed by atoms with Crippen molar-refractivity contribution in [1.82, 2.24) is 0 Å². The van der Waals surface area contributed by atoms with Crippen LogP contribution in [0.1, 0.15) is 6.92 Å². The third kappa shape index (κ3) is 3.83. The van der Waals surface area contributed by atoms with E-state index >= 15 is 0 Å². The molecule has 2 N–H and O–H groups in total. The van der Waals surface area contributed by atoms with Gasteiger partial charge in [0.25, 0.3) is 5.91 Å². The van der Waals surface area contributed by atoms with Gasteiger partial charge in [-0.15, -0.1) is 0 Å². The second-order valence-corrected chi connectivity index (χ2v) is 5.40. The second kappa shape index (κ2) is 7.57. The van der Waals surface area contributed by atoms with E-state index in [2.05, 4.69) is 5.32 Å². The minimum atomic E-state index is -0.363. The Hall–Kier alpha value is -3.21. The summed E-state index contributed by atoms with van der Waals surface area (Å²) >= 11 is 0. The molecule has 1 amide bonds. The van der Waals surface area contributed by atoms with E-state index in [1.165, 1.54) is 0 Å². The molecule has 5 heteroatoms. The maximum absolute atomic E-state index is 12.3. The van der Waals surface area contributed by atoms with Gasteiger partial charge < -0.3 is 19.9 Å². The standard InChI is InChI=1S/C20H19NO4/c1-2-24-17-9-5-6-10-18(17)25-13-19(23)21-20-15-8-4-3-7-14(15)11-12-16(20)22/h3-12,22H,2,13H2,1H3,(H,21,23). The van der Waals surface area contributed by atoms with E-state index in [0.717, 1.165) is 10.8 Å². The molecule has 0 aliphatic rings. The lowest BCUT2D eigenvalue weighted by Gasteiger charge is -2.13. The first kappa shape index (κ1) is 16.6. The van der Waals surface area contributed by atoms with Crippen LogP contribution in [-0.2, 0) is 4.79 Å². The quantitative estimate of drug-likeness (QED) is 0.668. The van der Waals surface area contributed by atoms with Gasteiger partial charge in [-0.05, 0) is 30.5 Å². The van der Waals surface area contributed by atoms with Gasteiger partial charge in [-0.2, -0.15) is 0 Å². The van der Waals surface area contributed by atoms with E-state index in [0.29, 0.717) is 23.8 Å². The van der Waals surface area contributed by atoms with Crippen molar-refractivity contribution in [3.63, 3.8) is 0 Å². The van der Waals surface area contributed by atoms with Crippen molar-refractivity contribution in [3.8, 4) is 17.2 Å². The zero-order valence-electron chi connectivity index (χ0n) is 13.9. The monoisotopic (exact) mass is 337 g/mol. The number of hydrogen-bond acceptors (Lipinski definition) is 4. The van der Waals surface area contributed by atoms with Crippen LogP contribution in [0.4, 0.5) is 5.69 Å². The molecule has 3 rings (SSSR count). The molecule has 0 atom stereocenters. The van der Waals surface area contributed by atoms with Crippen molar-refractivity contribution < 1.29 is 19.4 Å². The van der Waals surface area contributed by atoms with Gasteiger partial charge in [-0.3, -0.25) is 4.79 Å². The fourth-order valence-electron chi connectivity index (χ4n) is 2.55. The molecule has 0 unspecified atom stereocenters. The summed E-state index contributed by atoms with van der Waals surface area (Å²) in [5.74, 6) is 0.743. The maximum atomic E-state index is 12.3. The van der Waals surface area contributed by atoms with Crippen LogP contribution < -0.4 is 14.8 Å². The van der Waals surface area contributed by atoms with Gasteiger partial charge in [0.05, 0.1) is 12.3 Å². The lowest BCUT2D eigenvalue weighted by molar-refractivity contribution is -0.118. The Labute approximate surface area is 145 Å². The molecule has 0 radical (unpaired) electrons. The van der Waals surface area contributed by atoms with Gasteiger partial charge >= 0.3 is 0 Å². The van der Waals surface area contributed by atoms with Gasteiger partial charge in [0, 0.05) is 5.39 Å². The molecule has 0 fully saturated rings. The average molecular weight is 337 g/mol. The Morgan fingerprint density at radius 1 is 0.960 bits per heavy atom. The first-order valence-electron chi connectivity index (χ1n) is 8.04. The highest BCUT2D eigenvalue weighted by Gasteiger charge is 2.12. The number of hydrogen-bond donors (Lipinski definition) is 2. The van der Waals surface area contributed by atoms with E-state index in [1.54, 1.807) is 24.3 Å². The number of rotatable bonds is 6.